The molecule has 1 fully saturated rings. The monoisotopic (exact) mass is 483 g/mol. The Morgan fingerprint density at radius 2 is 1.86 bits per heavy atom. The molecule has 2 aromatic carbocycles. The fraction of sp³-hybridized carbons (Fsp3) is 0.357. The summed E-state index contributed by atoms with van der Waals surface area (Å²) in [5.74, 6) is 1.54. The van der Waals surface area contributed by atoms with Crippen molar-refractivity contribution in [3.63, 3.8) is 0 Å². The number of carbonyl (C=O) groups excluding carboxylic acids is 1. The van der Waals surface area contributed by atoms with E-state index in [9.17, 15) is 4.79 Å². The lowest BCUT2D eigenvalue weighted by molar-refractivity contribution is -0.116. The summed E-state index contributed by atoms with van der Waals surface area (Å²) in [6.45, 7) is 11.2. The van der Waals surface area contributed by atoms with Crippen LogP contribution in [0.2, 0.25) is 0 Å². The Morgan fingerprint density at radius 3 is 2.64 bits per heavy atom. The molecule has 8 heteroatoms. The fourth-order valence-corrected chi connectivity index (χ4v) is 4.77. The van der Waals surface area contributed by atoms with Crippen LogP contribution in [0.25, 0.3) is 5.65 Å². The first-order valence-corrected chi connectivity index (χ1v) is 12.5. The van der Waals surface area contributed by atoms with Crippen LogP contribution in [-0.4, -0.2) is 51.4 Å². The van der Waals surface area contributed by atoms with Crippen molar-refractivity contribution in [2.45, 2.75) is 46.6 Å². The molecule has 1 N–H and O–H groups in total. The highest BCUT2D eigenvalue weighted by Crippen LogP contribution is 2.24. The van der Waals surface area contributed by atoms with Gasteiger partial charge < -0.3 is 15.1 Å². The second-order valence-electron chi connectivity index (χ2n) is 9.75. The normalized spacial score (nSPS) is 15.9. The maximum absolute atomic E-state index is 12.6. The Kier molecular flexibility index (Phi) is 6.59. The minimum atomic E-state index is -0.0488. The molecule has 2 aromatic heterocycles. The molecule has 5 rings (SSSR count). The number of anilines is 3. The maximum Gasteiger partial charge on any atom is 0.224 e. The van der Waals surface area contributed by atoms with E-state index in [0.29, 0.717) is 30.4 Å². The Balaban J connectivity index is 1.25. The van der Waals surface area contributed by atoms with Crippen molar-refractivity contribution < 1.29 is 4.79 Å². The highest BCUT2D eigenvalue weighted by molar-refractivity contribution is 5.90. The second-order valence-corrected chi connectivity index (χ2v) is 9.75. The standard InChI is InChI=1S/C28H33N7O/c1-19-6-5-7-24(16-19)34-15-14-33(18-22(34)4)27-11-10-25-30-31-26(35(25)32-27)12-13-28(36)29-23-9-8-20(2)21(3)17-23/h5-11,16-17,22H,12-15,18H2,1-4H3,(H,29,36). The van der Waals surface area contributed by atoms with Crippen molar-refractivity contribution in [3.8, 4) is 0 Å². The Hall–Kier alpha value is -3.94. The topological polar surface area (TPSA) is 78.7 Å². The lowest BCUT2D eigenvalue weighted by atomic mass is 10.1. The predicted molar refractivity (Wildman–Crippen MR) is 144 cm³/mol. The Bertz CT molecular complexity index is 1400. The molecule has 1 aliphatic rings. The molecule has 1 unspecified atom stereocenters. The zero-order valence-electron chi connectivity index (χ0n) is 21.4. The average molecular weight is 484 g/mol. The Labute approximate surface area is 211 Å². The van der Waals surface area contributed by atoms with Crippen LogP contribution in [0.4, 0.5) is 17.2 Å². The van der Waals surface area contributed by atoms with Crippen molar-refractivity contribution in [3.05, 3.63) is 77.1 Å². The second kappa shape index (κ2) is 9.97. The molecule has 1 saturated heterocycles. The molecule has 3 heterocycles. The molecule has 8 nitrogen and oxygen atoms in total. The number of carbonyl (C=O) groups is 1. The van der Waals surface area contributed by atoms with Crippen LogP contribution in [0.15, 0.2) is 54.6 Å². The van der Waals surface area contributed by atoms with Gasteiger partial charge in [0.2, 0.25) is 5.91 Å². The van der Waals surface area contributed by atoms with Gasteiger partial charge in [0.05, 0.1) is 0 Å². The molecule has 0 radical (unpaired) electrons. The summed E-state index contributed by atoms with van der Waals surface area (Å²) < 4.78 is 1.77. The predicted octanol–water partition coefficient (Wildman–Crippen LogP) is 4.34. The number of aryl methyl sites for hydroxylation is 4. The number of nitrogens with one attached hydrogen (secondary N) is 1. The molecule has 0 saturated carbocycles. The van der Waals surface area contributed by atoms with Crippen LogP contribution >= 0.6 is 0 Å². The minimum absolute atomic E-state index is 0.0488. The highest BCUT2D eigenvalue weighted by atomic mass is 16.1. The zero-order valence-corrected chi connectivity index (χ0v) is 21.4. The number of amides is 1. The number of hydrogen-bond donors (Lipinski definition) is 1. The number of aromatic nitrogens is 4. The SMILES string of the molecule is Cc1cccc(N2CCN(c3ccc4nnc(CCC(=O)Nc5ccc(C)c(C)c5)n4n3)CC2C)c1. The van der Waals surface area contributed by atoms with Crippen LogP contribution in [0.5, 0.6) is 0 Å². The molecule has 4 aromatic rings. The van der Waals surface area contributed by atoms with E-state index < -0.39 is 0 Å². The van der Waals surface area contributed by atoms with Crippen LogP contribution < -0.4 is 15.1 Å². The van der Waals surface area contributed by atoms with Crippen molar-refractivity contribution >= 4 is 28.7 Å². The minimum Gasteiger partial charge on any atom is -0.365 e. The van der Waals surface area contributed by atoms with E-state index in [4.69, 9.17) is 5.10 Å². The first kappa shape index (κ1) is 23.8. The average Bonchev–Trinajstić information content (AvgIpc) is 3.27. The molecule has 36 heavy (non-hydrogen) atoms. The van der Waals surface area contributed by atoms with Gasteiger partial charge in [0.25, 0.3) is 0 Å². The molecule has 1 amide bonds. The van der Waals surface area contributed by atoms with Crippen molar-refractivity contribution in [2.24, 2.45) is 0 Å². The van der Waals surface area contributed by atoms with Gasteiger partial charge in [0, 0.05) is 49.9 Å². The Morgan fingerprint density at radius 1 is 1.00 bits per heavy atom. The van der Waals surface area contributed by atoms with Crippen LogP contribution in [0.3, 0.4) is 0 Å². The van der Waals surface area contributed by atoms with Gasteiger partial charge in [-0.2, -0.15) is 4.52 Å². The van der Waals surface area contributed by atoms with Gasteiger partial charge >= 0.3 is 0 Å². The van der Waals surface area contributed by atoms with Crippen LogP contribution in [-0.2, 0) is 11.2 Å². The summed E-state index contributed by atoms with van der Waals surface area (Å²) in [4.78, 5) is 17.3. The lowest BCUT2D eigenvalue weighted by Crippen LogP contribution is -2.52. The van der Waals surface area contributed by atoms with E-state index in [1.165, 1.54) is 16.8 Å². The molecule has 0 aliphatic carbocycles. The molecule has 0 spiro atoms. The van der Waals surface area contributed by atoms with E-state index in [-0.39, 0.29) is 5.91 Å². The summed E-state index contributed by atoms with van der Waals surface area (Å²) in [6, 6.07) is 18.9. The zero-order chi connectivity index (χ0) is 25.2. The smallest absolute Gasteiger partial charge is 0.224 e. The quantitative estimate of drug-likeness (QED) is 0.440. The van der Waals surface area contributed by atoms with E-state index in [2.05, 4.69) is 70.4 Å². The van der Waals surface area contributed by atoms with Crippen molar-refractivity contribution in [1.82, 2.24) is 19.8 Å². The van der Waals surface area contributed by atoms with Crippen LogP contribution in [0.1, 0.15) is 35.9 Å². The van der Waals surface area contributed by atoms with Gasteiger partial charge in [0.15, 0.2) is 11.5 Å². The molecule has 186 valence electrons. The molecular formula is C28H33N7O. The van der Waals surface area contributed by atoms with Gasteiger partial charge in [-0.1, -0.05) is 18.2 Å². The number of fused-ring (bicyclic) bond motifs is 1. The summed E-state index contributed by atoms with van der Waals surface area (Å²) >= 11 is 0. The van der Waals surface area contributed by atoms with E-state index >= 15 is 0 Å². The first-order chi connectivity index (χ1) is 17.4. The van der Waals surface area contributed by atoms with Gasteiger partial charge in [-0.15, -0.1) is 15.3 Å². The van der Waals surface area contributed by atoms with Gasteiger partial charge in [-0.05, 0) is 80.8 Å². The lowest BCUT2D eigenvalue weighted by Gasteiger charge is -2.41. The number of hydrogen-bond acceptors (Lipinski definition) is 6. The summed E-state index contributed by atoms with van der Waals surface area (Å²) in [6.07, 6.45) is 0.775. The van der Waals surface area contributed by atoms with Crippen molar-refractivity contribution in [1.29, 1.82) is 0 Å². The van der Waals surface area contributed by atoms with E-state index in [1.54, 1.807) is 4.52 Å². The van der Waals surface area contributed by atoms with Crippen LogP contribution in [0, 0.1) is 20.8 Å². The number of piperazine rings is 1. The summed E-state index contributed by atoms with van der Waals surface area (Å²) in [5, 5.41) is 16.4. The number of rotatable bonds is 6. The van der Waals surface area contributed by atoms with E-state index in [0.717, 1.165) is 36.7 Å². The number of nitrogens with zero attached hydrogens (tertiary/aromatic N) is 6. The molecule has 0 bridgehead atoms. The maximum atomic E-state index is 12.6. The summed E-state index contributed by atoms with van der Waals surface area (Å²) in [5.41, 5.74) is 6.41. The van der Waals surface area contributed by atoms with Gasteiger partial charge in [0.1, 0.15) is 5.82 Å². The third-order valence-corrected chi connectivity index (χ3v) is 6.96. The molecular weight excluding hydrogens is 450 g/mol. The van der Waals surface area contributed by atoms with Gasteiger partial charge in [-0.25, -0.2) is 0 Å². The molecule has 1 aliphatic heterocycles. The third-order valence-electron chi connectivity index (χ3n) is 6.96. The fourth-order valence-electron chi connectivity index (χ4n) is 4.77. The van der Waals surface area contributed by atoms with E-state index in [1.807, 2.05) is 37.3 Å². The third kappa shape index (κ3) is 5.03. The molecule has 1 atom stereocenters. The largest absolute Gasteiger partial charge is 0.365 e. The number of benzene rings is 2. The van der Waals surface area contributed by atoms with Gasteiger partial charge in [-0.3, -0.25) is 4.79 Å². The first-order valence-electron chi connectivity index (χ1n) is 12.5. The highest BCUT2D eigenvalue weighted by Gasteiger charge is 2.25. The van der Waals surface area contributed by atoms with Crippen molar-refractivity contribution in [2.75, 3.05) is 34.8 Å². The summed E-state index contributed by atoms with van der Waals surface area (Å²) in [7, 11) is 0.